The largest absolute Gasteiger partial charge is 0.486 e. The average molecular weight is 292 g/mol. The SMILES string of the molecule is CNC1C(=O)N(Cc2cccnn2)CCC2=C1SCO2. The van der Waals surface area contributed by atoms with E-state index in [-0.39, 0.29) is 11.9 Å². The van der Waals surface area contributed by atoms with E-state index in [1.807, 2.05) is 17.0 Å². The van der Waals surface area contributed by atoms with E-state index in [1.165, 1.54) is 0 Å². The number of nitrogens with one attached hydrogen (secondary N) is 1. The van der Waals surface area contributed by atoms with Gasteiger partial charge in [-0.25, -0.2) is 0 Å². The van der Waals surface area contributed by atoms with Crippen LogP contribution in [0, 0.1) is 0 Å². The average Bonchev–Trinajstić information content (AvgIpc) is 2.89. The summed E-state index contributed by atoms with van der Waals surface area (Å²) >= 11 is 1.60. The van der Waals surface area contributed by atoms with Gasteiger partial charge >= 0.3 is 0 Å². The molecular weight excluding hydrogens is 276 g/mol. The number of thioether (sulfide) groups is 1. The maximum Gasteiger partial charge on any atom is 0.245 e. The Hall–Kier alpha value is -1.60. The van der Waals surface area contributed by atoms with Crippen molar-refractivity contribution in [3.8, 4) is 0 Å². The molecule has 0 radical (unpaired) electrons. The zero-order chi connectivity index (χ0) is 13.9. The molecule has 0 saturated carbocycles. The second kappa shape index (κ2) is 5.80. The van der Waals surface area contributed by atoms with Crippen molar-refractivity contribution in [1.82, 2.24) is 20.4 Å². The van der Waals surface area contributed by atoms with Crippen molar-refractivity contribution < 1.29 is 9.53 Å². The van der Waals surface area contributed by atoms with E-state index >= 15 is 0 Å². The molecule has 6 nitrogen and oxygen atoms in total. The van der Waals surface area contributed by atoms with E-state index in [1.54, 1.807) is 25.0 Å². The van der Waals surface area contributed by atoms with E-state index in [4.69, 9.17) is 4.74 Å². The molecule has 0 aromatic carbocycles. The first kappa shape index (κ1) is 13.4. The number of hydrogen-bond donors (Lipinski definition) is 1. The number of nitrogens with zero attached hydrogens (tertiary/aromatic N) is 3. The Bertz CT molecular complexity index is 534. The summed E-state index contributed by atoms with van der Waals surface area (Å²) in [6.45, 7) is 1.13. The lowest BCUT2D eigenvalue weighted by Gasteiger charge is -2.24. The Morgan fingerprint density at radius 2 is 2.50 bits per heavy atom. The number of carbonyl (C=O) groups is 1. The van der Waals surface area contributed by atoms with Gasteiger partial charge in [0, 0.05) is 19.2 Å². The molecule has 0 saturated heterocycles. The van der Waals surface area contributed by atoms with Gasteiger partial charge in [-0.1, -0.05) is 11.8 Å². The highest BCUT2D eigenvalue weighted by molar-refractivity contribution is 8.03. The van der Waals surface area contributed by atoms with Gasteiger partial charge in [0.15, 0.2) is 0 Å². The predicted octanol–water partition coefficient (Wildman–Crippen LogP) is 0.729. The summed E-state index contributed by atoms with van der Waals surface area (Å²) in [4.78, 5) is 15.5. The lowest BCUT2D eigenvalue weighted by Crippen LogP contribution is -2.44. The highest BCUT2D eigenvalue weighted by atomic mass is 32.2. The molecule has 20 heavy (non-hydrogen) atoms. The van der Waals surface area contributed by atoms with Crippen LogP contribution in [-0.2, 0) is 16.1 Å². The molecule has 1 aromatic heterocycles. The van der Waals surface area contributed by atoms with E-state index < -0.39 is 0 Å². The highest BCUT2D eigenvalue weighted by Crippen LogP contribution is 2.36. The molecule has 1 amide bonds. The summed E-state index contributed by atoms with van der Waals surface area (Å²) in [5.74, 6) is 1.63. The monoisotopic (exact) mass is 292 g/mol. The normalized spacial score (nSPS) is 22.6. The molecule has 7 heteroatoms. The molecule has 0 spiro atoms. The molecule has 1 atom stereocenters. The Balaban J connectivity index is 1.80. The summed E-state index contributed by atoms with van der Waals surface area (Å²) in [5.41, 5.74) is 0.798. The maximum atomic E-state index is 12.6. The van der Waals surface area contributed by atoms with Crippen LogP contribution in [0.2, 0.25) is 0 Å². The van der Waals surface area contributed by atoms with Crippen LogP contribution in [0.1, 0.15) is 12.1 Å². The van der Waals surface area contributed by atoms with E-state index in [0.717, 1.165) is 22.8 Å². The lowest BCUT2D eigenvalue weighted by molar-refractivity contribution is -0.132. The highest BCUT2D eigenvalue weighted by Gasteiger charge is 2.35. The minimum atomic E-state index is -0.309. The first-order valence-corrected chi connectivity index (χ1v) is 7.49. The Kier molecular flexibility index (Phi) is 3.88. The van der Waals surface area contributed by atoms with Crippen molar-refractivity contribution >= 4 is 17.7 Å². The van der Waals surface area contributed by atoms with Gasteiger partial charge in [-0.3, -0.25) is 4.79 Å². The molecule has 2 aliphatic heterocycles. The smallest absolute Gasteiger partial charge is 0.245 e. The standard InChI is InChI=1S/C13H16N4O2S/c1-14-11-12-10(19-8-20-12)4-6-17(13(11)18)7-9-3-2-5-15-16-9/h2-3,5,11,14H,4,6-8H2,1H3. The molecule has 106 valence electrons. The third-order valence-corrected chi connectivity index (χ3v) is 4.43. The minimum Gasteiger partial charge on any atom is -0.486 e. The van der Waals surface area contributed by atoms with Crippen molar-refractivity contribution in [2.45, 2.75) is 19.0 Å². The molecule has 1 aromatic rings. The molecule has 1 unspecified atom stereocenters. The van der Waals surface area contributed by atoms with E-state index in [9.17, 15) is 4.79 Å². The van der Waals surface area contributed by atoms with Gasteiger partial charge in [-0.15, -0.1) is 0 Å². The zero-order valence-corrected chi connectivity index (χ0v) is 12.0. The number of rotatable bonds is 3. The Morgan fingerprint density at radius 1 is 1.60 bits per heavy atom. The Morgan fingerprint density at radius 3 is 3.25 bits per heavy atom. The summed E-state index contributed by atoms with van der Waals surface area (Å²) in [7, 11) is 1.80. The van der Waals surface area contributed by atoms with Crippen LogP contribution >= 0.6 is 11.8 Å². The van der Waals surface area contributed by atoms with Gasteiger partial charge in [0.1, 0.15) is 17.7 Å². The fourth-order valence-electron chi connectivity index (χ4n) is 2.42. The number of hydrogen-bond acceptors (Lipinski definition) is 6. The first-order valence-electron chi connectivity index (χ1n) is 6.51. The van der Waals surface area contributed by atoms with Crippen molar-refractivity contribution in [3.63, 3.8) is 0 Å². The quantitative estimate of drug-likeness (QED) is 0.886. The zero-order valence-electron chi connectivity index (χ0n) is 11.2. The van der Waals surface area contributed by atoms with Crippen LogP contribution in [0.15, 0.2) is 29.0 Å². The lowest BCUT2D eigenvalue weighted by atomic mass is 10.2. The molecule has 2 aliphatic rings. The van der Waals surface area contributed by atoms with E-state index in [2.05, 4.69) is 15.5 Å². The van der Waals surface area contributed by atoms with Crippen molar-refractivity contribution in [1.29, 1.82) is 0 Å². The fourth-order valence-corrected chi connectivity index (χ4v) is 3.46. The van der Waals surface area contributed by atoms with Crippen LogP contribution in [0.5, 0.6) is 0 Å². The molecule has 3 heterocycles. The molecule has 0 bridgehead atoms. The topological polar surface area (TPSA) is 67.4 Å². The number of amides is 1. The minimum absolute atomic E-state index is 0.0705. The van der Waals surface area contributed by atoms with Gasteiger partial charge in [0.05, 0.1) is 17.1 Å². The van der Waals surface area contributed by atoms with Gasteiger partial charge in [-0.2, -0.15) is 10.2 Å². The van der Waals surface area contributed by atoms with Gasteiger partial charge in [0.2, 0.25) is 5.91 Å². The van der Waals surface area contributed by atoms with Crippen LogP contribution in [0.25, 0.3) is 0 Å². The molecule has 0 aliphatic carbocycles. The third-order valence-electron chi connectivity index (χ3n) is 3.42. The molecule has 3 rings (SSSR count). The van der Waals surface area contributed by atoms with E-state index in [0.29, 0.717) is 19.0 Å². The van der Waals surface area contributed by atoms with Crippen molar-refractivity contribution in [2.24, 2.45) is 0 Å². The van der Waals surface area contributed by atoms with Crippen molar-refractivity contribution in [3.05, 3.63) is 34.7 Å². The second-order valence-corrected chi connectivity index (χ2v) is 5.60. The summed E-state index contributed by atoms with van der Waals surface area (Å²) in [6, 6.07) is 3.40. The van der Waals surface area contributed by atoms with Crippen molar-refractivity contribution in [2.75, 3.05) is 19.5 Å². The van der Waals surface area contributed by atoms with Crippen LogP contribution < -0.4 is 5.32 Å². The Labute approximate surface area is 121 Å². The first-order chi connectivity index (χ1) is 9.79. The summed E-state index contributed by atoms with van der Waals surface area (Å²) < 4.78 is 5.61. The van der Waals surface area contributed by atoms with Gasteiger partial charge < -0.3 is 15.0 Å². The number of aromatic nitrogens is 2. The summed E-state index contributed by atoms with van der Waals surface area (Å²) in [6.07, 6.45) is 2.39. The molecule has 1 N–H and O–H groups in total. The third kappa shape index (κ3) is 2.51. The number of carbonyl (C=O) groups excluding carboxylic acids is 1. The van der Waals surface area contributed by atoms with Crippen LogP contribution in [0.4, 0.5) is 0 Å². The second-order valence-electron chi connectivity index (χ2n) is 4.64. The maximum absolute atomic E-state index is 12.6. The molecular formula is C13H16N4O2S. The van der Waals surface area contributed by atoms with Gasteiger partial charge in [-0.05, 0) is 19.2 Å². The predicted molar refractivity (Wildman–Crippen MR) is 75.5 cm³/mol. The number of ether oxygens (including phenoxy) is 1. The molecule has 0 fully saturated rings. The fraction of sp³-hybridized carbons (Fsp3) is 0.462. The van der Waals surface area contributed by atoms with Gasteiger partial charge in [0.25, 0.3) is 0 Å². The van der Waals surface area contributed by atoms with Crippen LogP contribution in [0.3, 0.4) is 0 Å². The number of likely N-dealkylation sites (N-methyl/N-ethyl adjacent to an activating group) is 1. The van der Waals surface area contributed by atoms with Crippen LogP contribution in [-0.4, -0.2) is 46.6 Å². The summed E-state index contributed by atoms with van der Waals surface area (Å²) in [5, 5.41) is 11.0.